The van der Waals surface area contributed by atoms with E-state index in [9.17, 15) is 4.79 Å². The highest BCUT2D eigenvalue weighted by atomic mass is 79.9. The molecule has 0 saturated heterocycles. The Morgan fingerprint density at radius 1 is 1.29 bits per heavy atom. The van der Waals surface area contributed by atoms with Gasteiger partial charge in [-0.25, -0.2) is 9.97 Å². The van der Waals surface area contributed by atoms with Crippen LogP contribution in [0.1, 0.15) is 6.42 Å². The number of hydrogen-bond donors (Lipinski definition) is 1. The zero-order valence-electron chi connectivity index (χ0n) is 12.0. The largest absolute Gasteiger partial charge is 0.359 e. The number of amides is 1. The number of benzene rings is 1. The molecule has 0 unspecified atom stereocenters. The standard InChI is InChI=1S/C15H17BrN4O/c1-17-14(21)8-10-20(2)13-7-9-18-15(19-13)11-3-5-12(16)6-4-11/h3-7,9H,8,10H2,1-2H3,(H,17,21). The van der Waals surface area contributed by atoms with E-state index in [2.05, 4.69) is 31.2 Å². The predicted octanol–water partition coefficient (Wildman–Crippen LogP) is 2.48. The lowest BCUT2D eigenvalue weighted by Gasteiger charge is -2.18. The molecule has 5 nitrogen and oxygen atoms in total. The molecule has 1 aromatic carbocycles. The van der Waals surface area contributed by atoms with Gasteiger partial charge in [0.05, 0.1) is 0 Å². The van der Waals surface area contributed by atoms with E-state index in [0.29, 0.717) is 18.8 Å². The third kappa shape index (κ3) is 4.26. The first-order chi connectivity index (χ1) is 10.1. The number of halogens is 1. The third-order valence-corrected chi connectivity index (χ3v) is 3.62. The summed E-state index contributed by atoms with van der Waals surface area (Å²) in [4.78, 5) is 22.1. The van der Waals surface area contributed by atoms with Crippen molar-refractivity contribution < 1.29 is 4.79 Å². The van der Waals surface area contributed by atoms with Crippen LogP contribution in [0, 0.1) is 0 Å². The second-order valence-electron chi connectivity index (χ2n) is 4.59. The maximum absolute atomic E-state index is 11.3. The van der Waals surface area contributed by atoms with Crippen LogP contribution in [-0.2, 0) is 4.79 Å². The lowest BCUT2D eigenvalue weighted by molar-refractivity contribution is -0.120. The first kappa shape index (κ1) is 15.4. The molecule has 110 valence electrons. The maximum Gasteiger partial charge on any atom is 0.221 e. The van der Waals surface area contributed by atoms with Crippen LogP contribution < -0.4 is 10.2 Å². The fourth-order valence-corrected chi connectivity index (χ4v) is 2.07. The smallest absolute Gasteiger partial charge is 0.221 e. The highest BCUT2D eigenvalue weighted by Crippen LogP contribution is 2.20. The van der Waals surface area contributed by atoms with Crippen LogP contribution in [0.15, 0.2) is 41.0 Å². The monoisotopic (exact) mass is 348 g/mol. The first-order valence-electron chi connectivity index (χ1n) is 6.61. The molecular formula is C15H17BrN4O. The number of anilines is 1. The van der Waals surface area contributed by atoms with Crippen molar-refractivity contribution in [1.29, 1.82) is 0 Å². The fourth-order valence-electron chi connectivity index (χ4n) is 1.81. The van der Waals surface area contributed by atoms with Crippen LogP contribution in [0.2, 0.25) is 0 Å². The number of carbonyl (C=O) groups is 1. The maximum atomic E-state index is 11.3. The molecule has 0 radical (unpaired) electrons. The highest BCUT2D eigenvalue weighted by Gasteiger charge is 2.08. The lowest BCUT2D eigenvalue weighted by Crippen LogP contribution is -2.26. The Bertz CT molecular complexity index is 615. The first-order valence-corrected chi connectivity index (χ1v) is 7.40. The normalized spacial score (nSPS) is 10.2. The van der Waals surface area contributed by atoms with Gasteiger partial charge in [-0.1, -0.05) is 28.1 Å². The van der Waals surface area contributed by atoms with E-state index < -0.39 is 0 Å². The number of rotatable bonds is 5. The van der Waals surface area contributed by atoms with Crippen molar-refractivity contribution in [2.75, 3.05) is 25.5 Å². The van der Waals surface area contributed by atoms with Crippen LogP contribution in [-0.4, -0.2) is 36.5 Å². The van der Waals surface area contributed by atoms with E-state index >= 15 is 0 Å². The van der Waals surface area contributed by atoms with Crippen molar-refractivity contribution in [3.8, 4) is 11.4 Å². The van der Waals surface area contributed by atoms with Crippen LogP contribution in [0.4, 0.5) is 5.82 Å². The molecule has 0 bridgehead atoms. The molecule has 0 aliphatic rings. The molecule has 6 heteroatoms. The molecule has 2 rings (SSSR count). The summed E-state index contributed by atoms with van der Waals surface area (Å²) in [6.07, 6.45) is 2.17. The van der Waals surface area contributed by atoms with E-state index in [1.807, 2.05) is 42.3 Å². The Morgan fingerprint density at radius 3 is 2.67 bits per heavy atom. The summed E-state index contributed by atoms with van der Waals surface area (Å²) >= 11 is 3.41. The Hall–Kier alpha value is -1.95. The van der Waals surface area contributed by atoms with E-state index in [-0.39, 0.29) is 5.91 Å². The SMILES string of the molecule is CNC(=O)CCN(C)c1ccnc(-c2ccc(Br)cc2)n1. The minimum Gasteiger partial charge on any atom is -0.359 e. The second kappa shape index (κ2) is 7.17. The van der Waals surface area contributed by atoms with Crippen LogP contribution in [0.3, 0.4) is 0 Å². The van der Waals surface area contributed by atoms with Crippen LogP contribution >= 0.6 is 15.9 Å². The van der Waals surface area contributed by atoms with Gasteiger partial charge in [0.2, 0.25) is 5.91 Å². The molecule has 2 aromatic rings. The number of hydrogen-bond acceptors (Lipinski definition) is 4. The Labute approximate surface area is 132 Å². The zero-order valence-corrected chi connectivity index (χ0v) is 13.6. The minimum atomic E-state index is 0.0176. The highest BCUT2D eigenvalue weighted by molar-refractivity contribution is 9.10. The van der Waals surface area contributed by atoms with Crippen molar-refractivity contribution in [2.24, 2.45) is 0 Å². The number of carbonyl (C=O) groups excluding carboxylic acids is 1. The van der Waals surface area contributed by atoms with Gasteiger partial charge >= 0.3 is 0 Å². The number of nitrogens with one attached hydrogen (secondary N) is 1. The van der Waals surface area contributed by atoms with Crippen molar-refractivity contribution in [2.45, 2.75) is 6.42 Å². The molecule has 1 amide bonds. The second-order valence-corrected chi connectivity index (χ2v) is 5.51. The summed E-state index contributed by atoms with van der Waals surface area (Å²) in [6, 6.07) is 9.69. The molecule has 0 fully saturated rings. The van der Waals surface area contributed by atoms with E-state index in [4.69, 9.17) is 0 Å². The third-order valence-electron chi connectivity index (χ3n) is 3.09. The van der Waals surface area contributed by atoms with Gasteiger partial charge in [0.1, 0.15) is 5.82 Å². The summed E-state index contributed by atoms with van der Waals surface area (Å²) in [6.45, 7) is 0.608. The van der Waals surface area contributed by atoms with Crippen LogP contribution in [0.5, 0.6) is 0 Å². The van der Waals surface area contributed by atoms with Gasteiger partial charge in [-0.3, -0.25) is 4.79 Å². The Kier molecular flexibility index (Phi) is 5.27. The zero-order chi connectivity index (χ0) is 15.2. The molecule has 0 aliphatic carbocycles. The van der Waals surface area contributed by atoms with Crippen molar-refractivity contribution >= 4 is 27.7 Å². The summed E-state index contributed by atoms with van der Waals surface area (Å²) in [7, 11) is 3.55. The topological polar surface area (TPSA) is 58.1 Å². The van der Waals surface area contributed by atoms with Gasteiger partial charge in [0.25, 0.3) is 0 Å². The average molecular weight is 349 g/mol. The van der Waals surface area contributed by atoms with Gasteiger partial charge in [-0.15, -0.1) is 0 Å². The quantitative estimate of drug-likeness (QED) is 0.901. The van der Waals surface area contributed by atoms with Gasteiger partial charge in [-0.05, 0) is 18.2 Å². The summed E-state index contributed by atoms with van der Waals surface area (Å²) < 4.78 is 1.02. The minimum absolute atomic E-state index is 0.0176. The molecule has 0 saturated carbocycles. The average Bonchev–Trinajstić information content (AvgIpc) is 2.53. The van der Waals surface area contributed by atoms with Gasteiger partial charge < -0.3 is 10.2 Å². The van der Waals surface area contributed by atoms with Gasteiger partial charge in [0, 0.05) is 43.3 Å². The molecule has 1 heterocycles. The molecule has 0 atom stereocenters. The molecule has 21 heavy (non-hydrogen) atoms. The molecule has 1 N–H and O–H groups in total. The summed E-state index contributed by atoms with van der Waals surface area (Å²) in [5.41, 5.74) is 0.958. The van der Waals surface area contributed by atoms with Crippen LogP contribution in [0.25, 0.3) is 11.4 Å². The number of aromatic nitrogens is 2. The fraction of sp³-hybridized carbons (Fsp3) is 0.267. The summed E-state index contributed by atoms with van der Waals surface area (Å²) in [5, 5.41) is 2.61. The van der Waals surface area contributed by atoms with Crippen molar-refractivity contribution in [3.63, 3.8) is 0 Å². The van der Waals surface area contributed by atoms with E-state index in [1.54, 1.807) is 13.2 Å². The Balaban J connectivity index is 2.13. The van der Waals surface area contributed by atoms with E-state index in [1.165, 1.54) is 0 Å². The number of nitrogens with zero attached hydrogens (tertiary/aromatic N) is 3. The predicted molar refractivity (Wildman–Crippen MR) is 87.1 cm³/mol. The lowest BCUT2D eigenvalue weighted by atomic mass is 10.2. The van der Waals surface area contributed by atoms with Gasteiger partial charge in [-0.2, -0.15) is 0 Å². The molecule has 0 aliphatic heterocycles. The molecule has 1 aromatic heterocycles. The van der Waals surface area contributed by atoms with Crippen molar-refractivity contribution in [1.82, 2.24) is 15.3 Å². The van der Waals surface area contributed by atoms with Gasteiger partial charge in [0.15, 0.2) is 5.82 Å². The molecular weight excluding hydrogens is 332 g/mol. The summed E-state index contributed by atoms with van der Waals surface area (Å²) in [5.74, 6) is 1.49. The van der Waals surface area contributed by atoms with E-state index in [0.717, 1.165) is 15.9 Å². The molecule has 0 spiro atoms. The van der Waals surface area contributed by atoms with Crippen molar-refractivity contribution in [3.05, 3.63) is 41.0 Å². The Morgan fingerprint density at radius 2 is 2.00 bits per heavy atom.